The number of aliphatic hydroxyl groups excluding tert-OH is 2. The van der Waals surface area contributed by atoms with Crippen molar-refractivity contribution in [3.05, 3.63) is 194 Å². The van der Waals surface area contributed by atoms with E-state index in [2.05, 4.69) is 40.2 Å². The summed E-state index contributed by atoms with van der Waals surface area (Å²) in [5, 5.41) is 38.9. The average molecular weight is 1270 g/mol. The van der Waals surface area contributed by atoms with Gasteiger partial charge in [0.05, 0.1) is 23.7 Å². The lowest BCUT2D eigenvalue weighted by Gasteiger charge is -2.27. The number of esters is 6. The molecule has 4 N–H and O–H groups in total. The Hall–Kier alpha value is -9.80. The number of carboxylic acid groups (broad SMARTS) is 2. The fourth-order valence-electron chi connectivity index (χ4n) is 9.44. The van der Waals surface area contributed by atoms with Gasteiger partial charge in [-0.3, -0.25) is 19.2 Å². The minimum atomic E-state index is -1.10. The Morgan fingerprint density at radius 3 is 0.880 bits per heavy atom. The summed E-state index contributed by atoms with van der Waals surface area (Å²) in [4.78, 5) is 95.0. The van der Waals surface area contributed by atoms with Crippen LogP contribution in [0.2, 0.25) is 0 Å². The molecule has 0 saturated carbocycles. The molecule has 6 rings (SSSR count). The van der Waals surface area contributed by atoms with Gasteiger partial charge in [0.2, 0.25) is 0 Å². The summed E-state index contributed by atoms with van der Waals surface area (Å²) < 4.78 is 53.9. The topological polar surface area (TPSA) is 310 Å². The number of ether oxygens (including phenoxy) is 10. The van der Waals surface area contributed by atoms with Crippen LogP contribution in [-0.4, -0.2) is 145 Å². The SMILES string of the molecule is C=CC(=O)OCC(COc1ccc(C(C)(C)c2ccc(OCC(COC(=O)C=C)OC(=O)C3CC=CCC3C(=O)O)cc2)cc1)OC(=O)C1CC=CCC1C(=O)O.C=CC(=O)OCC(O)COc1ccc(C(C)(C)c2ccc(OCC(O)COC(=O)C=C)cc2)cc1. The number of rotatable bonds is 34. The lowest BCUT2D eigenvalue weighted by molar-refractivity contribution is -0.167. The van der Waals surface area contributed by atoms with Crippen LogP contribution in [0.5, 0.6) is 23.0 Å². The summed E-state index contributed by atoms with van der Waals surface area (Å²) >= 11 is 0. The maximum Gasteiger partial charge on any atom is 0.330 e. The molecule has 0 amide bonds. The minimum absolute atomic E-state index is 0.0139. The first-order chi connectivity index (χ1) is 43.9. The highest BCUT2D eigenvalue weighted by molar-refractivity contribution is 5.84. The van der Waals surface area contributed by atoms with E-state index in [1.54, 1.807) is 48.6 Å². The summed E-state index contributed by atoms with van der Waals surface area (Å²) in [6, 6.07) is 29.6. The van der Waals surface area contributed by atoms with Gasteiger partial charge in [-0.1, -0.05) is 127 Å². The van der Waals surface area contributed by atoms with Crippen LogP contribution in [-0.2, 0) is 77.6 Å². The maximum absolute atomic E-state index is 13.0. The molecule has 0 heterocycles. The second kappa shape index (κ2) is 36.1. The fourth-order valence-corrected chi connectivity index (χ4v) is 9.44. The van der Waals surface area contributed by atoms with Crippen LogP contribution >= 0.6 is 0 Å². The first-order valence-corrected chi connectivity index (χ1v) is 29.5. The first kappa shape index (κ1) is 72.9. The largest absolute Gasteiger partial charge is 0.491 e. The maximum atomic E-state index is 13.0. The highest BCUT2D eigenvalue weighted by Gasteiger charge is 2.38. The predicted molar refractivity (Wildman–Crippen MR) is 334 cm³/mol. The number of aliphatic hydroxyl groups is 2. The van der Waals surface area contributed by atoms with Crippen molar-refractivity contribution >= 4 is 47.8 Å². The summed E-state index contributed by atoms with van der Waals surface area (Å²) in [7, 11) is 0. The van der Waals surface area contributed by atoms with Gasteiger partial charge < -0.3 is 67.8 Å². The number of hydrogen-bond donors (Lipinski definition) is 4. The van der Waals surface area contributed by atoms with Crippen LogP contribution in [0.1, 0.15) is 75.6 Å². The third-order valence-electron chi connectivity index (χ3n) is 15.1. The highest BCUT2D eigenvalue weighted by Crippen LogP contribution is 2.36. The molecule has 0 radical (unpaired) electrons. The zero-order chi connectivity index (χ0) is 67.4. The minimum Gasteiger partial charge on any atom is -0.491 e. The van der Waals surface area contributed by atoms with Crippen molar-refractivity contribution in [2.24, 2.45) is 23.7 Å². The van der Waals surface area contributed by atoms with E-state index in [4.69, 9.17) is 47.4 Å². The van der Waals surface area contributed by atoms with Gasteiger partial charge in [-0.05, 0) is 96.5 Å². The molecule has 8 atom stereocenters. The molecule has 92 heavy (non-hydrogen) atoms. The zero-order valence-electron chi connectivity index (χ0n) is 51.9. The smallest absolute Gasteiger partial charge is 0.330 e. The standard InChI is InChI=1S/C43H48O14.C27H32O8/c1-5-37(44)54-25-31(56-41(50)35-13-9-7-11-33(35)39(46)47)23-52-29-19-15-27(16-20-29)43(3,4)28-17-21-30(22-18-28)53-24-32(26-55-38(45)6-2)57-42(51)36-14-10-8-12-34(36)40(48)49;1-5-25(30)34-17-21(28)15-32-23-11-7-19(8-12-23)27(3,4)20-9-13-24(14-10-20)33-16-22(29)18-35-26(31)6-2/h5-10,15-22,31-36H,1-2,11-14,23-26H2,3-4H3,(H,46,47)(H,48,49);5-14,21-22,28-29H,1-2,15-18H2,3-4H3. The van der Waals surface area contributed by atoms with E-state index in [0.717, 1.165) is 46.6 Å². The normalized spacial score (nSPS) is 17.1. The lowest BCUT2D eigenvalue weighted by Crippen LogP contribution is -2.37. The van der Waals surface area contributed by atoms with E-state index in [-0.39, 0.29) is 84.0 Å². The fraction of sp³-hybridized carbons (Fsp3) is 0.371. The molecular weight excluding hydrogens is 1190 g/mol. The van der Waals surface area contributed by atoms with Crippen LogP contribution < -0.4 is 18.9 Å². The quantitative estimate of drug-likeness (QED) is 0.0148. The highest BCUT2D eigenvalue weighted by atomic mass is 16.6. The Kier molecular flexibility index (Phi) is 28.7. The molecule has 4 aromatic rings. The van der Waals surface area contributed by atoms with Crippen LogP contribution in [0.15, 0.2) is 172 Å². The monoisotopic (exact) mass is 1270 g/mol. The van der Waals surface area contributed by atoms with Crippen molar-refractivity contribution in [1.82, 2.24) is 0 Å². The number of carbonyl (C=O) groups is 8. The predicted octanol–water partition coefficient (Wildman–Crippen LogP) is 8.34. The number of benzene rings is 4. The summed E-state index contributed by atoms with van der Waals surface area (Å²) in [6.07, 6.45) is 7.85. The van der Waals surface area contributed by atoms with Crippen molar-refractivity contribution < 1.29 is 106 Å². The van der Waals surface area contributed by atoms with E-state index in [0.29, 0.717) is 23.0 Å². The molecule has 0 aromatic heterocycles. The Labute approximate surface area is 534 Å². The van der Waals surface area contributed by atoms with Crippen LogP contribution in [0.4, 0.5) is 0 Å². The Morgan fingerprint density at radius 2 is 0.630 bits per heavy atom. The number of hydrogen-bond acceptors (Lipinski definition) is 20. The second-order valence-corrected chi connectivity index (χ2v) is 22.3. The molecule has 0 spiro atoms. The van der Waals surface area contributed by atoms with Gasteiger partial charge in [-0.2, -0.15) is 0 Å². The van der Waals surface area contributed by atoms with Gasteiger partial charge in [-0.15, -0.1) is 0 Å². The molecule has 4 aromatic carbocycles. The average Bonchev–Trinajstić information content (AvgIpc) is 0.872. The molecule has 0 fully saturated rings. The molecular formula is C70H80O22. The van der Waals surface area contributed by atoms with Crippen molar-refractivity contribution in [3.8, 4) is 23.0 Å². The van der Waals surface area contributed by atoms with Crippen LogP contribution in [0.3, 0.4) is 0 Å². The van der Waals surface area contributed by atoms with Gasteiger partial charge >= 0.3 is 47.8 Å². The third kappa shape index (κ3) is 22.9. The summed E-state index contributed by atoms with van der Waals surface area (Å²) in [5.41, 5.74) is 3.18. The molecule has 492 valence electrons. The van der Waals surface area contributed by atoms with E-state index < -0.39 is 101 Å². The molecule has 0 saturated heterocycles. The lowest BCUT2D eigenvalue weighted by atomic mass is 9.78. The molecule has 2 aliphatic carbocycles. The van der Waals surface area contributed by atoms with Crippen LogP contribution in [0, 0.1) is 23.7 Å². The van der Waals surface area contributed by atoms with Crippen molar-refractivity contribution in [2.45, 2.75) is 88.6 Å². The van der Waals surface area contributed by atoms with Crippen molar-refractivity contribution in [2.75, 3.05) is 52.9 Å². The number of allylic oxidation sites excluding steroid dienone is 4. The summed E-state index contributed by atoms with van der Waals surface area (Å²) in [6.45, 7) is 20.2. The summed E-state index contributed by atoms with van der Waals surface area (Å²) in [5.74, 6) is -7.82. The van der Waals surface area contributed by atoms with Gasteiger partial charge in [-0.25, -0.2) is 19.2 Å². The van der Waals surface area contributed by atoms with E-state index in [1.807, 2.05) is 86.6 Å². The van der Waals surface area contributed by atoms with E-state index in [9.17, 15) is 58.8 Å². The zero-order valence-corrected chi connectivity index (χ0v) is 51.9. The Morgan fingerprint density at radius 1 is 0.391 bits per heavy atom. The van der Waals surface area contributed by atoms with Gasteiger partial charge in [0, 0.05) is 35.1 Å². The third-order valence-corrected chi connectivity index (χ3v) is 15.1. The molecule has 22 nitrogen and oxygen atoms in total. The van der Waals surface area contributed by atoms with Gasteiger partial charge in [0.1, 0.15) is 88.1 Å². The molecule has 0 bridgehead atoms. The van der Waals surface area contributed by atoms with E-state index in [1.165, 1.54) is 0 Å². The molecule has 2 aliphatic rings. The van der Waals surface area contributed by atoms with Crippen LogP contribution in [0.25, 0.3) is 0 Å². The second-order valence-electron chi connectivity index (χ2n) is 22.3. The van der Waals surface area contributed by atoms with Crippen molar-refractivity contribution in [3.63, 3.8) is 0 Å². The number of carbonyl (C=O) groups excluding carboxylic acids is 6. The number of carboxylic acids is 2. The Bertz CT molecular complexity index is 3000. The first-order valence-electron chi connectivity index (χ1n) is 29.5. The number of aliphatic carboxylic acids is 2. The molecule has 22 heteroatoms. The van der Waals surface area contributed by atoms with Crippen molar-refractivity contribution in [1.29, 1.82) is 0 Å². The van der Waals surface area contributed by atoms with Gasteiger partial charge in [0.25, 0.3) is 0 Å². The Balaban J connectivity index is 0.000000375. The van der Waals surface area contributed by atoms with Gasteiger partial charge in [0.15, 0.2) is 12.2 Å². The van der Waals surface area contributed by atoms with E-state index >= 15 is 0 Å². The molecule has 0 aliphatic heterocycles. The molecule has 8 unspecified atom stereocenters.